The fourth-order valence-electron chi connectivity index (χ4n) is 5.54. The number of nitriles is 1. The molecule has 0 radical (unpaired) electrons. The van der Waals surface area contributed by atoms with Gasteiger partial charge in [-0.3, -0.25) is 10.1 Å². The summed E-state index contributed by atoms with van der Waals surface area (Å²) in [4.78, 5) is 0. The first-order valence-corrected chi connectivity index (χ1v) is 9.97. The summed E-state index contributed by atoms with van der Waals surface area (Å²) in [7, 11) is 0. The Hall–Kier alpha value is -2.47. The van der Waals surface area contributed by atoms with Crippen LogP contribution in [0.15, 0.2) is 47.7 Å². The molecule has 1 N–H and O–H groups in total. The molecular formula is C24H29N3. The van der Waals surface area contributed by atoms with E-state index in [4.69, 9.17) is 0 Å². The third kappa shape index (κ3) is 2.88. The van der Waals surface area contributed by atoms with Gasteiger partial charge in [-0.25, -0.2) is 0 Å². The van der Waals surface area contributed by atoms with Crippen LogP contribution < -0.4 is 5.43 Å². The van der Waals surface area contributed by atoms with E-state index < -0.39 is 0 Å². The number of rotatable bonds is 2. The molecular weight excluding hydrogens is 330 g/mol. The average Bonchev–Trinajstić information content (AvgIpc) is 3.01. The van der Waals surface area contributed by atoms with Crippen LogP contribution in [0.1, 0.15) is 75.9 Å². The first-order valence-electron chi connectivity index (χ1n) is 9.97. The molecule has 2 heterocycles. The van der Waals surface area contributed by atoms with Crippen molar-refractivity contribution < 1.29 is 0 Å². The van der Waals surface area contributed by atoms with Gasteiger partial charge < -0.3 is 0 Å². The Bertz CT molecular complexity index is 966. The van der Waals surface area contributed by atoms with E-state index >= 15 is 0 Å². The van der Waals surface area contributed by atoms with Crippen LogP contribution >= 0.6 is 0 Å². The number of aryl methyl sites for hydroxylation is 1. The molecule has 3 heteroatoms. The molecule has 0 fully saturated rings. The summed E-state index contributed by atoms with van der Waals surface area (Å²) < 4.78 is 2.29. The van der Waals surface area contributed by atoms with Crippen LogP contribution in [-0.4, -0.2) is 4.68 Å². The highest BCUT2D eigenvalue weighted by Gasteiger charge is 2.45. The summed E-state index contributed by atoms with van der Waals surface area (Å²) >= 11 is 0. The van der Waals surface area contributed by atoms with Crippen LogP contribution in [0.25, 0.3) is 0 Å². The number of benzene rings is 1. The minimum Gasteiger partial charge on any atom is -0.298 e. The highest BCUT2D eigenvalue weighted by Crippen LogP contribution is 2.55. The number of hydrogen-bond acceptors (Lipinski definition) is 2. The second-order valence-corrected chi connectivity index (χ2v) is 9.51. The molecule has 3 nitrogen and oxygen atoms in total. The van der Waals surface area contributed by atoms with E-state index in [1.54, 1.807) is 0 Å². The van der Waals surface area contributed by atoms with Crippen LogP contribution in [0.2, 0.25) is 0 Å². The number of allylic oxidation sites excluding steroid dienone is 2. The topological polar surface area (TPSA) is 40.8 Å². The van der Waals surface area contributed by atoms with Crippen molar-refractivity contribution in [3.05, 3.63) is 70.2 Å². The fourth-order valence-corrected chi connectivity index (χ4v) is 5.54. The summed E-state index contributed by atoms with van der Waals surface area (Å²) in [6.45, 7) is 11.7. The lowest BCUT2D eigenvalue weighted by molar-refractivity contribution is 0.190. The van der Waals surface area contributed by atoms with Gasteiger partial charge in [-0.05, 0) is 65.5 Å². The molecule has 0 amide bonds. The van der Waals surface area contributed by atoms with Crippen LogP contribution in [0, 0.1) is 22.2 Å². The summed E-state index contributed by atoms with van der Waals surface area (Å²) in [5.41, 5.74) is 11.5. The average molecular weight is 360 g/mol. The van der Waals surface area contributed by atoms with Gasteiger partial charge in [0, 0.05) is 17.3 Å². The molecule has 1 aliphatic carbocycles. The van der Waals surface area contributed by atoms with Crippen molar-refractivity contribution in [1.29, 1.82) is 5.26 Å². The van der Waals surface area contributed by atoms with E-state index in [1.165, 1.54) is 28.2 Å². The minimum atomic E-state index is 0.0965. The molecule has 1 aromatic heterocycles. The summed E-state index contributed by atoms with van der Waals surface area (Å²) in [6.07, 6.45) is 3.21. The van der Waals surface area contributed by atoms with E-state index in [0.717, 1.165) is 24.8 Å². The van der Waals surface area contributed by atoms with Crippen LogP contribution in [0.3, 0.4) is 0 Å². The first kappa shape index (κ1) is 17.9. The number of hydrogen-bond donors (Lipinski definition) is 1. The maximum absolute atomic E-state index is 9.42. The highest BCUT2D eigenvalue weighted by atomic mass is 15.4. The number of nitrogens with one attached hydrogen (secondary N) is 1. The molecule has 2 aromatic rings. The summed E-state index contributed by atoms with van der Waals surface area (Å²) in [6, 6.07) is 15.0. The number of fused-ring (bicyclic) bond motifs is 1. The van der Waals surface area contributed by atoms with Gasteiger partial charge in [0.15, 0.2) is 0 Å². The standard InChI is InChI=1S/C24H29N3/c1-6-18-10-11-20-21(17-9-7-8-16(12-17)14-25)22-19(26-27(18)20)13-23(2,3)15-24(22,4)5/h7-12,21,26H,6,13,15H2,1-5H3. The third-order valence-corrected chi connectivity index (χ3v) is 6.16. The number of nitrogens with zero attached hydrogens (tertiary/aromatic N) is 2. The van der Waals surface area contributed by atoms with Crippen molar-refractivity contribution >= 4 is 0 Å². The Morgan fingerprint density at radius 2 is 1.96 bits per heavy atom. The van der Waals surface area contributed by atoms with E-state index in [9.17, 15) is 5.26 Å². The first-order chi connectivity index (χ1) is 12.8. The van der Waals surface area contributed by atoms with Crippen molar-refractivity contribution in [2.75, 3.05) is 5.43 Å². The molecule has 0 spiro atoms. The lowest BCUT2D eigenvalue weighted by Gasteiger charge is -2.49. The Kier molecular flexibility index (Phi) is 4.00. The molecule has 1 aromatic carbocycles. The molecule has 4 rings (SSSR count). The normalized spacial score (nSPS) is 22.4. The van der Waals surface area contributed by atoms with Gasteiger partial charge in [0.2, 0.25) is 0 Å². The highest BCUT2D eigenvalue weighted by molar-refractivity contribution is 5.51. The maximum Gasteiger partial charge on any atom is 0.0991 e. The van der Waals surface area contributed by atoms with E-state index in [-0.39, 0.29) is 16.7 Å². The Morgan fingerprint density at radius 1 is 1.19 bits per heavy atom. The molecule has 0 saturated heterocycles. The molecule has 0 saturated carbocycles. The Labute approximate surface area is 162 Å². The van der Waals surface area contributed by atoms with Crippen molar-refractivity contribution in [1.82, 2.24) is 4.68 Å². The zero-order valence-corrected chi connectivity index (χ0v) is 17.1. The predicted molar refractivity (Wildman–Crippen MR) is 110 cm³/mol. The monoisotopic (exact) mass is 359 g/mol. The van der Waals surface area contributed by atoms with Gasteiger partial charge >= 0.3 is 0 Å². The van der Waals surface area contributed by atoms with Crippen LogP contribution in [0.4, 0.5) is 0 Å². The fraction of sp³-hybridized carbons (Fsp3) is 0.458. The molecule has 1 unspecified atom stereocenters. The Balaban J connectivity index is 1.97. The molecule has 140 valence electrons. The van der Waals surface area contributed by atoms with E-state index in [0.29, 0.717) is 0 Å². The lowest BCUT2D eigenvalue weighted by atomic mass is 9.59. The van der Waals surface area contributed by atoms with E-state index in [2.05, 4.69) is 75.1 Å². The zero-order chi connectivity index (χ0) is 19.4. The molecule has 2 aliphatic rings. The second kappa shape index (κ2) is 6.02. The number of aromatic nitrogens is 1. The SMILES string of the molecule is CCc1ccc2n1NC1=C(C2c2cccc(C#N)c2)C(C)(C)CC(C)(C)C1. The van der Waals surface area contributed by atoms with Gasteiger partial charge in [-0.1, -0.05) is 46.8 Å². The lowest BCUT2D eigenvalue weighted by Crippen LogP contribution is -2.41. The van der Waals surface area contributed by atoms with Gasteiger partial charge in [0.25, 0.3) is 0 Å². The van der Waals surface area contributed by atoms with Gasteiger partial charge in [0.1, 0.15) is 0 Å². The van der Waals surface area contributed by atoms with Crippen molar-refractivity contribution in [2.45, 2.75) is 59.8 Å². The maximum atomic E-state index is 9.42. The van der Waals surface area contributed by atoms with Crippen LogP contribution in [-0.2, 0) is 6.42 Å². The van der Waals surface area contributed by atoms with E-state index in [1.807, 2.05) is 12.1 Å². The summed E-state index contributed by atoms with van der Waals surface area (Å²) in [5, 5.41) is 9.42. The van der Waals surface area contributed by atoms with Crippen LogP contribution in [0.5, 0.6) is 0 Å². The van der Waals surface area contributed by atoms with Crippen molar-refractivity contribution in [3.63, 3.8) is 0 Å². The summed E-state index contributed by atoms with van der Waals surface area (Å²) in [5.74, 6) is 0.195. The molecule has 27 heavy (non-hydrogen) atoms. The Morgan fingerprint density at radius 3 is 2.67 bits per heavy atom. The second-order valence-electron chi connectivity index (χ2n) is 9.51. The quantitative estimate of drug-likeness (QED) is 0.746. The molecule has 1 aliphatic heterocycles. The third-order valence-electron chi connectivity index (χ3n) is 6.16. The van der Waals surface area contributed by atoms with Gasteiger partial charge in [0.05, 0.1) is 17.3 Å². The molecule has 1 atom stereocenters. The predicted octanol–water partition coefficient (Wildman–Crippen LogP) is 5.71. The smallest absolute Gasteiger partial charge is 0.0991 e. The zero-order valence-electron chi connectivity index (χ0n) is 17.1. The van der Waals surface area contributed by atoms with Crippen molar-refractivity contribution in [3.8, 4) is 6.07 Å². The molecule has 0 bridgehead atoms. The largest absolute Gasteiger partial charge is 0.298 e. The minimum absolute atomic E-state index is 0.0965. The van der Waals surface area contributed by atoms with Gasteiger partial charge in [-0.2, -0.15) is 5.26 Å². The van der Waals surface area contributed by atoms with Gasteiger partial charge in [-0.15, -0.1) is 0 Å². The van der Waals surface area contributed by atoms with Crippen molar-refractivity contribution in [2.24, 2.45) is 10.8 Å².